The van der Waals surface area contributed by atoms with Crippen LogP contribution in [0.2, 0.25) is 0 Å². The van der Waals surface area contributed by atoms with Gasteiger partial charge in [0.05, 0.1) is 12.2 Å². The summed E-state index contributed by atoms with van der Waals surface area (Å²) in [4.78, 5) is 3.59. The second-order valence-corrected chi connectivity index (χ2v) is 5.33. The first-order valence-corrected chi connectivity index (χ1v) is 6.89. The lowest BCUT2D eigenvalue weighted by molar-refractivity contribution is -0.141. The van der Waals surface area contributed by atoms with E-state index in [4.69, 9.17) is 15.2 Å². The third kappa shape index (κ3) is 4.07. The van der Waals surface area contributed by atoms with Crippen LogP contribution in [-0.4, -0.2) is 23.3 Å². The van der Waals surface area contributed by atoms with E-state index in [9.17, 15) is 13.2 Å². The molecule has 1 aromatic heterocycles. The van der Waals surface area contributed by atoms with Crippen LogP contribution in [0.3, 0.4) is 0 Å². The van der Waals surface area contributed by atoms with Crippen LogP contribution in [0.25, 0.3) is 0 Å². The minimum atomic E-state index is -4.50. The Morgan fingerprint density at radius 1 is 1.29 bits per heavy atom. The van der Waals surface area contributed by atoms with Crippen LogP contribution in [0.4, 0.5) is 13.2 Å². The Hall–Kier alpha value is -1.34. The highest BCUT2D eigenvalue weighted by Gasteiger charge is 2.34. The molecule has 1 aliphatic heterocycles. The second kappa shape index (κ2) is 6.19. The molecule has 2 unspecified atom stereocenters. The van der Waals surface area contributed by atoms with Gasteiger partial charge in [0.15, 0.2) is 0 Å². The Labute approximate surface area is 121 Å². The Kier molecular flexibility index (Phi) is 4.73. The molecule has 1 aliphatic rings. The number of rotatable bonds is 3. The predicted octanol–water partition coefficient (Wildman–Crippen LogP) is 2.89. The highest BCUT2D eigenvalue weighted by Crippen LogP contribution is 2.31. The number of hydrogen-bond donors (Lipinski definition) is 1. The maximum atomic E-state index is 12.7. The fourth-order valence-corrected chi connectivity index (χ4v) is 2.48. The summed E-state index contributed by atoms with van der Waals surface area (Å²) in [6.45, 7) is 3.90. The van der Waals surface area contributed by atoms with E-state index < -0.39 is 11.9 Å². The highest BCUT2D eigenvalue weighted by atomic mass is 19.4. The van der Waals surface area contributed by atoms with Crippen LogP contribution in [0.5, 0.6) is 5.88 Å². The fraction of sp³-hybridized carbons (Fsp3) is 0.643. The van der Waals surface area contributed by atoms with Crippen LogP contribution in [-0.2, 0) is 17.5 Å². The maximum Gasteiger partial charge on any atom is 0.433 e. The van der Waals surface area contributed by atoms with Crippen molar-refractivity contribution in [2.75, 3.05) is 0 Å². The normalized spacial score (nSPS) is 26.7. The molecule has 2 atom stereocenters. The summed E-state index contributed by atoms with van der Waals surface area (Å²) in [5.74, 6) is -0.0291. The summed E-state index contributed by atoms with van der Waals surface area (Å²) in [5.41, 5.74) is 5.04. The van der Waals surface area contributed by atoms with Gasteiger partial charge in [0.1, 0.15) is 11.8 Å². The van der Waals surface area contributed by atoms with Gasteiger partial charge in [-0.1, -0.05) is 6.07 Å². The van der Waals surface area contributed by atoms with Crippen molar-refractivity contribution in [2.24, 2.45) is 5.73 Å². The molecule has 2 rings (SSSR count). The van der Waals surface area contributed by atoms with Gasteiger partial charge in [0.2, 0.25) is 5.88 Å². The van der Waals surface area contributed by atoms with E-state index in [1.165, 1.54) is 6.07 Å². The molecule has 1 saturated heterocycles. The summed E-state index contributed by atoms with van der Waals surface area (Å²) < 4.78 is 49.5. The van der Waals surface area contributed by atoms with E-state index in [1.807, 2.05) is 13.8 Å². The lowest BCUT2D eigenvalue weighted by Gasteiger charge is -2.32. The molecule has 1 fully saturated rings. The van der Waals surface area contributed by atoms with Crippen LogP contribution in [0.1, 0.15) is 37.9 Å². The first-order valence-electron chi connectivity index (χ1n) is 6.89. The van der Waals surface area contributed by atoms with Crippen molar-refractivity contribution in [2.45, 2.75) is 57.7 Å². The monoisotopic (exact) mass is 304 g/mol. The van der Waals surface area contributed by atoms with Gasteiger partial charge in [0, 0.05) is 24.9 Å². The third-order valence-electron chi connectivity index (χ3n) is 3.38. The number of alkyl halides is 3. The first kappa shape index (κ1) is 16.0. The van der Waals surface area contributed by atoms with Gasteiger partial charge < -0.3 is 15.2 Å². The van der Waals surface area contributed by atoms with E-state index >= 15 is 0 Å². The van der Waals surface area contributed by atoms with E-state index in [1.54, 1.807) is 0 Å². The van der Waals surface area contributed by atoms with Gasteiger partial charge >= 0.3 is 6.18 Å². The average Bonchev–Trinajstić information content (AvgIpc) is 2.36. The van der Waals surface area contributed by atoms with Gasteiger partial charge in [-0.2, -0.15) is 13.2 Å². The zero-order valence-electron chi connectivity index (χ0n) is 12.0. The average molecular weight is 304 g/mol. The Bertz CT molecular complexity index is 484. The summed E-state index contributed by atoms with van der Waals surface area (Å²) in [6.07, 6.45) is -3.47. The minimum Gasteiger partial charge on any atom is -0.474 e. The second-order valence-electron chi connectivity index (χ2n) is 5.33. The minimum absolute atomic E-state index is 0.00544. The zero-order valence-corrected chi connectivity index (χ0v) is 12.0. The van der Waals surface area contributed by atoms with Crippen molar-refractivity contribution < 1.29 is 22.6 Å². The molecule has 0 aliphatic carbocycles. The third-order valence-corrected chi connectivity index (χ3v) is 3.38. The molecule has 0 spiro atoms. The summed E-state index contributed by atoms with van der Waals surface area (Å²) >= 11 is 0. The van der Waals surface area contributed by atoms with E-state index in [-0.39, 0.29) is 30.7 Å². The Morgan fingerprint density at radius 3 is 2.43 bits per heavy atom. The smallest absolute Gasteiger partial charge is 0.433 e. The highest BCUT2D eigenvalue weighted by molar-refractivity contribution is 5.29. The number of hydrogen-bond acceptors (Lipinski definition) is 4. The first-order chi connectivity index (χ1) is 9.79. The van der Waals surface area contributed by atoms with E-state index in [0.29, 0.717) is 18.4 Å². The molecule has 2 N–H and O–H groups in total. The SMILES string of the molecule is CC1CC(Oc2nc(C(F)(F)F)ccc2CN)CC(C)O1. The summed E-state index contributed by atoms with van der Waals surface area (Å²) in [6, 6.07) is 2.24. The lowest BCUT2D eigenvalue weighted by atomic mass is 10.0. The molecule has 118 valence electrons. The summed E-state index contributed by atoms with van der Waals surface area (Å²) in [5, 5.41) is 0. The Morgan fingerprint density at radius 2 is 1.90 bits per heavy atom. The van der Waals surface area contributed by atoms with Gasteiger partial charge in [-0.15, -0.1) is 0 Å². The molecular weight excluding hydrogens is 285 g/mol. The van der Waals surface area contributed by atoms with E-state index in [0.717, 1.165) is 6.07 Å². The molecule has 0 amide bonds. The Balaban J connectivity index is 2.21. The molecule has 0 radical (unpaired) electrons. The van der Waals surface area contributed by atoms with Gasteiger partial charge in [-0.25, -0.2) is 4.98 Å². The molecule has 4 nitrogen and oxygen atoms in total. The predicted molar refractivity (Wildman–Crippen MR) is 70.8 cm³/mol. The van der Waals surface area contributed by atoms with Crippen LogP contribution in [0.15, 0.2) is 12.1 Å². The van der Waals surface area contributed by atoms with Crippen molar-refractivity contribution >= 4 is 0 Å². The van der Waals surface area contributed by atoms with Crippen LogP contribution < -0.4 is 10.5 Å². The summed E-state index contributed by atoms with van der Waals surface area (Å²) in [7, 11) is 0. The molecule has 7 heteroatoms. The quantitative estimate of drug-likeness (QED) is 0.933. The lowest BCUT2D eigenvalue weighted by Crippen LogP contribution is -2.36. The van der Waals surface area contributed by atoms with E-state index in [2.05, 4.69) is 4.98 Å². The largest absolute Gasteiger partial charge is 0.474 e. The van der Waals surface area contributed by atoms with Crippen LogP contribution in [0, 0.1) is 0 Å². The fourth-order valence-electron chi connectivity index (χ4n) is 2.48. The molecule has 21 heavy (non-hydrogen) atoms. The number of pyridine rings is 1. The molecule has 0 bridgehead atoms. The molecular formula is C14H19F3N2O2. The van der Waals surface area contributed by atoms with Crippen molar-refractivity contribution in [1.82, 2.24) is 4.98 Å². The number of aromatic nitrogens is 1. The number of ether oxygens (including phenoxy) is 2. The standard InChI is InChI=1S/C14H19F3N2O2/c1-8-5-11(6-9(2)20-8)21-13-10(7-18)3-4-12(19-13)14(15,16)17/h3-4,8-9,11H,5-7,18H2,1-2H3. The topological polar surface area (TPSA) is 57.4 Å². The zero-order chi connectivity index (χ0) is 15.6. The number of halogens is 3. The van der Waals surface area contributed by atoms with Crippen molar-refractivity contribution in [1.29, 1.82) is 0 Å². The molecule has 1 aromatic rings. The molecule has 0 aromatic carbocycles. The van der Waals surface area contributed by atoms with Crippen molar-refractivity contribution in [3.05, 3.63) is 23.4 Å². The maximum absolute atomic E-state index is 12.7. The van der Waals surface area contributed by atoms with Gasteiger partial charge in [-0.05, 0) is 19.9 Å². The van der Waals surface area contributed by atoms with Crippen molar-refractivity contribution in [3.8, 4) is 5.88 Å². The van der Waals surface area contributed by atoms with Crippen molar-refractivity contribution in [3.63, 3.8) is 0 Å². The number of nitrogens with zero attached hydrogens (tertiary/aromatic N) is 1. The number of nitrogens with two attached hydrogens (primary N) is 1. The van der Waals surface area contributed by atoms with Crippen LogP contribution >= 0.6 is 0 Å². The molecule has 2 heterocycles. The molecule has 0 saturated carbocycles. The van der Waals surface area contributed by atoms with Gasteiger partial charge in [0.25, 0.3) is 0 Å². The van der Waals surface area contributed by atoms with Gasteiger partial charge in [-0.3, -0.25) is 0 Å².